The van der Waals surface area contributed by atoms with E-state index in [1.807, 2.05) is 32.0 Å². The zero-order chi connectivity index (χ0) is 13.8. The van der Waals surface area contributed by atoms with Crippen LogP contribution < -0.4 is 5.32 Å². The number of hydrogen-bond donors (Lipinski definition) is 2. The van der Waals surface area contributed by atoms with Crippen molar-refractivity contribution >= 4 is 5.97 Å². The molecular weight excluding hydrogens is 244 g/mol. The minimum atomic E-state index is -0.360. The Balaban J connectivity index is 1.91. The van der Waals surface area contributed by atoms with Gasteiger partial charge in [-0.25, -0.2) is 4.79 Å². The maximum Gasteiger partial charge on any atom is 0.354 e. The number of carbonyl (C=O) groups is 1. The van der Waals surface area contributed by atoms with E-state index in [-0.39, 0.29) is 12.0 Å². The summed E-state index contributed by atoms with van der Waals surface area (Å²) in [6.45, 7) is 4.57. The number of esters is 1. The number of nitrogens with one attached hydrogen (secondary N) is 2. The summed E-state index contributed by atoms with van der Waals surface area (Å²) in [5.74, 6) is 1.44. The van der Waals surface area contributed by atoms with Crippen LogP contribution in [0.1, 0.15) is 40.7 Å². The highest BCUT2D eigenvalue weighted by Gasteiger charge is 2.11. The molecule has 0 radical (unpaired) electrons. The Hall–Kier alpha value is -2.01. The topological polar surface area (TPSA) is 67.3 Å². The molecule has 0 aliphatic carbocycles. The maximum atomic E-state index is 11.3. The van der Waals surface area contributed by atoms with E-state index in [4.69, 9.17) is 4.42 Å². The van der Waals surface area contributed by atoms with Crippen molar-refractivity contribution in [1.29, 1.82) is 0 Å². The van der Waals surface area contributed by atoms with Crippen LogP contribution >= 0.6 is 0 Å². The zero-order valence-electron chi connectivity index (χ0n) is 11.3. The van der Waals surface area contributed by atoms with Crippen molar-refractivity contribution in [2.75, 3.05) is 7.11 Å². The van der Waals surface area contributed by atoms with Crippen LogP contribution in [0.5, 0.6) is 0 Å². The first-order valence-corrected chi connectivity index (χ1v) is 6.16. The average molecular weight is 262 g/mol. The van der Waals surface area contributed by atoms with Gasteiger partial charge in [-0.15, -0.1) is 0 Å². The van der Waals surface area contributed by atoms with Crippen LogP contribution in [0, 0.1) is 6.92 Å². The summed E-state index contributed by atoms with van der Waals surface area (Å²) in [5, 5.41) is 3.32. The van der Waals surface area contributed by atoms with Crippen molar-refractivity contribution < 1.29 is 13.9 Å². The minimum absolute atomic E-state index is 0.110. The van der Waals surface area contributed by atoms with Crippen LogP contribution in [0.2, 0.25) is 0 Å². The van der Waals surface area contributed by atoms with Crippen molar-refractivity contribution in [2.24, 2.45) is 0 Å². The summed E-state index contributed by atoms with van der Waals surface area (Å²) in [5.41, 5.74) is 1.39. The maximum absolute atomic E-state index is 11.3. The fraction of sp³-hybridized carbons (Fsp3) is 0.357. The number of aryl methyl sites for hydroxylation is 1. The highest BCUT2D eigenvalue weighted by Crippen LogP contribution is 2.16. The summed E-state index contributed by atoms with van der Waals surface area (Å²) in [4.78, 5) is 14.3. The number of H-pyrrole nitrogens is 1. The van der Waals surface area contributed by atoms with Gasteiger partial charge in [0.25, 0.3) is 0 Å². The van der Waals surface area contributed by atoms with E-state index in [0.29, 0.717) is 12.2 Å². The summed E-state index contributed by atoms with van der Waals surface area (Å²) in [6, 6.07) is 7.59. The first kappa shape index (κ1) is 13.4. The van der Waals surface area contributed by atoms with Gasteiger partial charge in [0, 0.05) is 12.2 Å². The van der Waals surface area contributed by atoms with Gasteiger partial charge in [0.1, 0.15) is 17.2 Å². The second kappa shape index (κ2) is 5.75. The zero-order valence-corrected chi connectivity index (χ0v) is 11.3. The van der Waals surface area contributed by atoms with Gasteiger partial charge in [-0.1, -0.05) is 0 Å². The monoisotopic (exact) mass is 262 g/mol. The number of methoxy groups -OCH3 is 1. The van der Waals surface area contributed by atoms with E-state index in [9.17, 15) is 4.79 Å². The first-order chi connectivity index (χ1) is 9.10. The summed E-state index contributed by atoms with van der Waals surface area (Å²) in [6.07, 6.45) is 0. The molecule has 0 saturated carbocycles. The second-order valence-electron chi connectivity index (χ2n) is 4.44. The molecule has 19 heavy (non-hydrogen) atoms. The van der Waals surface area contributed by atoms with Crippen LogP contribution in [-0.2, 0) is 11.3 Å². The number of aromatic amines is 1. The number of aromatic nitrogens is 1. The lowest BCUT2D eigenvalue weighted by Crippen LogP contribution is -2.18. The molecule has 2 N–H and O–H groups in total. The van der Waals surface area contributed by atoms with Gasteiger partial charge in [-0.05, 0) is 38.1 Å². The average Bonchev–Trinajstić information content (AvgIpc) is 3.04. The van der Waals surface area contributed by atoms with Gasteiger partial charge in [-0.3, -0.25) is 0 Å². The highest BCUT2D eigenvalue weighted by molar-refractivity contribution is 5.87. The molecule has 5 nitrogen and oxygen atoms in total. The fourth-order valence-corrected chi connectivity index (χ4v) is 1.82. The van der Waals surface area contributed by atoms with Gasteiger partial charge >= 0.3 is 5.97 Å². The molecule has 0 amide bonds. The number of hydrogen-bond acceptors (Lipinski definition) is 4. The van der Waals surface area contributed by atoms with Crippen LogP contribution in [0.25, 0.3) is 0 Å². The van der Waals surface area contributed by atoms with Crippen molar-refractivity contribution in [1.82, 2.24) is 10.3 Å². The molecule has 0 saturated heterocycles. The molecule has 0 aliphatic heterocycles. The largest absolute Gasteiger partial charge is 0.465 e. The van der Waals surface area contributed by atoms with E-state index in [1.54, 1.807) is 6.07 Å². The van der Waals surface area contributed by atoms with Crippen LogP contribution in [-0.4, -0.2) is 18.1 Å². The van der Waals surface area contributed by atoms with E-state index >= 15 is 0 Å². The van der Waals surface area contributed by atoms with Crippen molar-refractivity contribution in [2.45, 2.75) is 26.4 Å². The third kappa shape index (κ3) is 3.26. The SMILES string of the molecule is COC(=O)c1ccc(CNC(C)c2ccc(C)o2)[nH]1. The molecule has 2 heterocycles. The Morgan fingerprint density at radius 2 is 2.21 bits per heavy atom. The quantitative estimate of drug-likeness (QED) is 0.813. The van der Waals surface area contributed by atoms with Crippen molar-refractivity contribution in [3.8, 4) is 0 Å². The molecule has 0 bridgehead atoms. The molecule has 1 unspecified atom stereocenters. The standard InChI is InChI=1S/C14H18N2O3/c1-9-4-7-13(19-9)10(2)15-8-11-5-6-12(16-11)14(17)18-3/h4-7,10,15-16H,8H2,1-3H3. The molecule has 102 valence electrons. The number of furan rings is 1. The molecule has 0 aliphatic rings. The Kier molecular flexibility index (Phi) is 4.06. The molecule has 0 spiro atoms. The van der Waals surface area contributed by atoms with E-state index < -0.39 is 0 Å². The van der Waals surface area contributed by atoms with Gasteiger partial charge in [0.2, 0.25) is 0 Å². The minimum Gasteiger partial charge on any atom is -0.465 e. The summed E-state index contributed by atoms with van der Waals surface area (Å²) >= 11 is 0. The Morgan fingerprint density at radius 1 is 1.42 bits per heavy atom. The Labute approximate surface area is 112 Å². The van der Waals surface area contributed by atoms with Crippen LogP contribution in [0.3, 0.4) is 0 Å². The molecular formula is C14H18N2O3. The lowest BCUT2D eigenvalue weighted by atomic mass is 10.2. The van der Waals surface area contributed by atoms with E-state index in [1.165, 1.54) is 7.11 Å². The van der Waals surface area contributed by atoms with Crippen molar-refractivity contribution in [3.63, 3.8) is 0 Å². The normalized spacial score (nSPS) is 12.4. The molecule has 2 rings (SSSR count). The lowest BCUT2D eigenvalue weighted by molar-refractivity contribution is 0.0594. The number of ether oxygens (including phenoxy) is 1. The predicted molar refractivity (Wildman–Crippen MR) is 70.8 cm³/mol. The van der Waals surface area contributed by atoms with Crippen LogP contribution in [0.15, 0.2) is 28.7 Å². The van der Waals surface area contributed by atoms with Crippen LogP contribution in [0.4, 0.5) is 0 Å². The third-order valence-corrected chi connectivity index (χ3v) is 2.94. The predicted octanol–water partition coefficient (Wildman–Crippen LogP) is 2.55. The summed E-state index contributed by atoms with van der Waals surface area (Å²) < 4.78 is 10.2. The third-order valence-electron chi connectivity index (χ3n) is 2.94. The molecule has 5 heteroatoms. The molecule has 1 atom stereocenters. The summed E-state index contributed by atoms with van der Waals surface area (Å²) in [7, 11) is 1.36. The molecule has 2 aromatic heterocycles. The first-order valence-electron chi connectivity index (χ1n) is 6.16. The van der Waals surface area contributed by atoms with Gasteiger partial charge in [-0.2, -0.15) is 0 Å². The Bertz CT molecular complexity index is 557. The number of carbonyl (C=O) groups excluding carboxylic acids is 1. The second-order valence-corrected chi connectivity index (χ2v) is 4.44. The van der Waals surface area contributed by atoms with Crippen molar-refractivity contribution in [3.05, 3.63) is 47.2 Å². The molecule has 0 aromatic carbocycles. The van der Waals surface area contributed by atoms with Gasteiger partial charge in [0.15, 0.2) is 0 Å². The molecule has 0 fully saturated rings. The van der Waals surface area contributed by atoms with E-state index in [2.05, 4.69) is 15.0 Å². The van der Waals surface area contributed by atoms with Gasteiger partial charge < -0.3 is 19.5 Å². The van der Waals surface area contributed by atoms with E-state index in [0.717, 1.165) is 17.2 Å². The van der Waals surface area contributed by atoms with Gasteiger partial charge in [0.05, 0.1) is 13.2 Å². The fourth-order valence-electron chi connectivity index (χ4n) is 1.82. The smallest absolute Gasteiger partial charge is 0.354 e. The molecule has 2 aromatic rings. The lowest BCUT2D eigenvalue weighted by Gasteiger charge is -2.10. The number of rotatable bonds is 5. The Morgan fingerprint density at radius 3 is 2.84 bits per heavy atom. The highest BCUT2D eigenvalue weighted by atomic mass is 16.5.